The van der Waals surface area contributed by atoms with Gasteiger partial charge < -0.3 is 20.1 Å². The van der Waals surface area contributed by atoms with Gasteiger partial charge in [0.05, 0.1) is 18.6 Å². The second-order valence-electron chi connectivity index (χ2n) is 10.8. The van der Waals surface area contributed by atoms with Crippen LogP contribution in [0.25, 0.3) is 0 Å². The minimum absolute atomic E-state index is 0.0382. The van der Waals surface area contributed by atoms with Gasteiger partial charge in [-0.1, -0.05) is 68.9 Å². The summed E-state index contributed by atoms with van der Waals surface area (Å²) >= 11 is 0. The summed E-state index contributed by atoms with van der Waals surface area (Å²) in [5.74, 6) is -1.31. The molecule has 0 aromatic carbocycles. The highest BCUT2D eigenvalue weighted by atomic mass is 16.5. The minimum Gasteiger partial charge on any atom is -0.461 e. The van der Waals surface area contributed by atoms with Gasteiger partial charge in [-0.15, -0.1) is 0 Å². The van der Waals surface area contributed by atoms with E-state index in [0.29, 0.717) is 30.4 Å². The van der Waals surface area contributed by atoms with Gasteiger partial charge >= 0.3 is 5.97 Å². The molecule has 0 unspecified atom stereocenters. The van der Waals surface area contributed by atoms with E-state index >= 15 is 0 Å². The smallest absolute Gasteiger partial charge is 0.309 e. The zero-order chi connectivity index (χ0) is 30.2. The lowest BCUT2D eigenvalue weighted by Gasteiger charge is -2.32. The number of rotatable bonds is 6. The maximum atomic E-state index is 12.8. The molecule has 0 bridgehead atoms. The van der Waals surface area contributed by atoms with Gasteiger partial charge in [0.15, 0.2) is 5.78 Å². The van der Waals surface area contributed by atoms with Crippen LogP contribution in [-0.2, 0) is 19.1 Å². The van der Waals surface area contributed by atoms with Crippen molar-refractivity contribution in [2.45, 2.75) is 104 Å². The van der Waals surface area contributed by atoms with E-state index in [4.69, 9.17) is 4.74 Å². The maximum absolute atomic E-state index is 12.8. The zero-order valence-electron chi connectivity index (χ0n) is 24.9. The van der Waals surface area contributed by atoms with Crippen molar-refractivity contribution < 1.29 is 34.4 Å². The van der Waals surface area contributed by atoms with Crippen LogP contribution in [0.4, 0.5) is 0 Å². The largest absolute Gasteiger partial charge is 0.461 e. The highest BCUT2D eigenvalue weighted by Gasteiger charge is 2.31. The van der Waals surface area contributed by atoms with Crippen LogP contribution in [-0.4, -0.2) is 57.3 Å². The van der Waals surface area contributed by atoms with E-state index in [-0.39, 0.29) is 24.5 Å². The number of hydrogen-bond acceptors (Lipinski definition) is 7. The summed E-state index contributed by atoms with van der Waals surface area (Å²) in [6, 6.07) is 0. The Morgan fingerprint density at radius 1 is 1.05 bits per heavy atom. The van der Waals surface area contributed by atoms with Crippen molar-refractivity contribution in [3.05, 3.63) is 71.4 Å². The van der Waals surface area contributed by atoms with Crippen molar-refractivity contribution in [3.63, 3.8) is 0 Å². The number of aliphatic hydroxyl groups is 3. The first kappa shape index (κ1) is 35.2. The van der Waals surface area contributed by atoms with E-state index in [1.165, 1.54) is 6.08 Å². The number of ether oxygens (including phenoxy) is 1. The van der Waals surface area contributed by atoms with Crippen LogP contribution in [0.1, 0.15) is 80.1 Å². The molecule has 6 atom stereocenters. The van der Waals surface area contributed by atoms with E-state index < -0.39 is 42.1 Å². The third-order valence-electron chi connectivity index (χ3n) is 7.12. The van der Waals surface area contributed by atoms with Crippen molar-refractivity contribution in [3.8, 4) is 0 Å². The summed E-state index contributed by atoms with van der Waals surface area (Å²) < 4.78 is 5.86. The van der Waals surface area contributed by atoms with E-state index in [0.717, 1.165) is 12.0 Å². The maximum Gasteiger partial charge on any atom is 0.309 e. The highest BCUT2D eigenvalue weighted by Crippen LogP contribution is 2.26. The van der Waals surface area contributed by atoms with Gasteiger partial charge in [-0.05, 0) is 69.2 Å². The molecule has 0 aliphatic carbocycles. The number of ketones is 2. The molecule has 0 radical (unpaired) electrons. The number of aliphatic hydroxyl groups excluding tert-OH is 3. The second kappa shape index (κ2) is 18.5. The van der Waals surface area contributed by atoms with Crippen LogP contribution in [0.5, 0.6) is 0 Å². The van der Waals surface area contributed by atoms with Gasteiger partial charge in [0.25, 0.3) is 0 Å². The molecule has 40 heavy (non-hydrogen) atoms. The highest BCUT2D eigenvalue weighted by molar-refractivity contribution is 5.99. The number of Topliss-reactive ketones (excluding diaryl/α,β-unsaturated/α-hetero) is 2. The Morgan fingerprint density at radius 2 is 1.75 bits per heavy atom. The molecule has 0 aromatic rings. The number of cyclic esters (lactones) is 1. The second-order valence-corrected chi connectivity index (χ2v) is 10.8. The fraction of sp³-hybridized carbons (Fsp3) is 0.545. The average molecular weight is 557 g/mol. The van der Waals surface area contributed by atoms with Gasteiger partial charge in [0.1, 0.15) is 18.0 Å². The minimum atomic E-state index is -1.30. The monoisotopic (exact) mass is 556 g/mol. The third kappa shape index (κ3) is 13.0. The van der Waals surface area contributed by atoms with Crippen LogP contribution in [0.3, 0.4) is 0 Å². The Balaban J connectivity index is 3.27. The lowest BCUT2D eigenvalue weighted by molar-refractivity contribution is -0.156. The molecular weight excluding hydrogens is 508 g/mol. The van der Waals surface area contributed by atoms with Crippen LogP contribution in [0.15, 0.2) is 71.4 Å². The summed E-state index contributed by atoms with van der Waals surface area (Å²) in [5, 5.41) is 31.7. The number of carbonyl (C=O) groups excluding carboxylic acids is 3. The predicted molar refractivity (Wildman–Crippen MR) is 158 cm³/mol. The van der Waals surface area contributed by atoms with Gasteiger partial charge in [-0.2, -0.15) is 0 Å². The molecule has 0 aromatic heterocycles. The summed E-state index contributed by atoms with van der Waals surface area (Å²) in [7, 11) is 0. The molecule has 0 saturated carbocycles. The lowest BCUT2D eigenvalue weighted by Crippen LogP contribution is -2.38. The first-order valence-electron chi connectivity index (χ1n) is 14.2. The van der Waals surface area contributed by atoms with Crippen LogP contribution in [0, 0.1) is 11.8 Å². The Morgan fingerprint density at radius 3 is 2.42 bits per heavy atom. The van der Waals surface area contributed by atoms with Crippen molar-refractivity contribution in [2.24, 2.45) is 11.8 Å². The Kier molecular flexibility index (Phi) is 16.2. The summed E-state index contributed by atoms with van der Waals surface area (Å²) in [6.07, 6.45) is 13.4. The molecule has 3 N–H and O–H groups in total. The molecule has 7 heteroatoms. The fourth-order valence-corrected chi connectivity index (χ4v) is 4.35. The molecule has 1 rings (SSSR count). The molecule has 0 fully saturated rings. The fourth-order valence-electron chi connectivity index (χ4n) is 4.35. The van der Waals surface area contributed by atoms with E-state index in [1.807, 2.05) is 20.8 Å². The molecule has 0 amide bonds. The Bertz CT molecular complexity index is 1030. The molecule has 222 valence electrons. The first-order valence-corrected chi connectivity index (χ1v) is 14.2. The van der Waals surface area contributed by atoms with E-state index in [9.17, 15) is 29.7 Å². The topological polar surface area (TPSA) is 121 Å². The first-order chi connectivity index (χ1) is 18.9. The molecule has 0 spiro atoms. The van der Waals surface area contributed by atoms with Crippen molar-refractivity contribution in [2.75, 3.05) is 0 Å². The van der Waals surface area contributed by atoms with Gasteiger partial charge in [0.2, 0.25) is 0 Å². The molecule has 7 nitrogen and oxygen atoms in total. The summed E-state index contributed by atoms with van der Waals surface area (Å²) in [6.45, 7) is 10.8. The van der Waals surface area contributed by atoms with Crippen molar-refractivity contribution in [1.82, 2.24) is 0 Å². The predicted octanol–water partition coefficient (Wildman–Crippen LogP) is 5.27. The SMILES string of the molecule is CCCC(=O)CC[C@@H](C)[C@H]1OC(=O)CC=C(C)[C@H](O)C=C(C)C=CC=C(C)C(=O)[C@@H](O)C=CC=CC[C@H](O)[C@@H]1C. The third-order valence-corrected chi connectivity index (χ3v) is 7.12. The number of carbonyl (C=O) groups is 3. The van der Waals surface area contributed by atoms with Gasteiger partial charge in [0, 0.05) is 18.8 Å². The molecule has 1 aliphatic rings. The van der Waals surface area contributed by atoms with Crippen LogP contribution in [0.2, 0.25) is 0 Å². The number of allylic oxidation sites excluding steroid dienone is 6. The lowest BCUT2D eigenvalue weighted by atomic mass is 9.85. The Labute approximate surface area is 239 Å². The number of esters is 1. The Hall–Kier alpha value is -2.87. The quantitative estimate of drug-likeness (QED) is 0.301. The summed E-state index contributed by atoms with van der Waals surface area (Å²) in [5.41, 5.74) is 1.71. The van der Waals surface area contributed by atoms with E-state index in [1.54, 1.807) is 69.4 Å². The van der Waals surface area contributed by atoms with Crippen molar-refractivity contribution in [1.29, 1.82) is 0 Å². The normalized spacial score (nSPS) is 27.0. The average Bonchev–Trinajstić information content (AvgIpc) is 2.91. The molecule has 0 saturated heterocycles. The molecule has 1 heterocycles. The molecule has 1 aliphatic heterocycles. The van der Waals surface area contributed by atoms with Crippen LogP contribution >= 0.6 is 0 Å². The van der Waals surface area contributed by atoms with Crippen molar-refractivity contribution >= 4 is 17.5 Å². The number of hydrogen-bond donors (Lipinski definition) is 3. The molecular formula is C33H48O7. The van der Waals surface area contributed by atoms with E-state index in [2.05, 4.69) is 0 Å². The van der Waals surface area contributed by atoms with Gasteiger partial charge in [-0.25, -0.2) is 0 Å². The van der Waals surface area contributed by atoms with Gasteiger partial charge in [-0.3, -0.25) is 14.4 Å². The zero-order valence-corrected chi connectivity index (χ0v) is 24.9. The standard InChI is InChI=1S/C33H48O7/c1-7-12-27(34)19-17-25(5)33-26(6)28(35)15-9-8-10-16-29(36)32(39)24(4)14-11-13-22(2)21-30(37)23(3)18-20-31(38)40-33/h8-11,13-14,16,18,21,25-26,28-30,33,35-37H,7,12,15,17,19-20H2,1-6H3/t25-,26+,28+,29+,30-,33-/m1/s1. The summed E-state index contributed by atoms with van der Waals surface area (Å²) in [4.78, 5) is 37.4. The van der Waals surface area contributed by atoms with Crippen LogP contribution < -0.4 is 0 Å².